The second-order valence-electron chi connectivity index (χ2n) is 3.52. The predicted molar refractivity (Wildman–Crippen MR) is 51.9 cm³/mol. The molecule has 1 N–H and O–H groups in total. The van der Waals surface area contributed by atoms with Gasteiger partial charge in [-0.05, 0) is 18.6 Å². The Morgan fingerprint density at radius 1 is 1.38 bits per heavy atom. The molecule has 0 fully saturated rings. The van der Waals surface area contributed by atoms with E-state index in [2.05, 4.69) is 10.3 Å². The molecular formula is C10H10F3N3. The molecule has 1 unspecified atom stereocenters. The van der Waals surface area contributed by atoms with E-state index in [0.717, 1.165) is 11.8 Å². The van der Waals surface area contributed by atoms with E-state index in [0.29, 0.717) is 5.69 Å². The molecule has 6 heteroatoms. The Morgan fingerprint density at radius 2 is 2.12 bits per heavy atom. The minimum atomic E-state index is -4.41. The molecule has 0 spiro atoms. The van der Waals surface area contributed by atoms with Crippen LogP contribution in [0.15, 0.2) is 30.7 Å². The highest BCUT2D eigenvalue weighted by Gasteiger charge is 2.42. The number of aryl methyl sites for hydroxylation is 1. The van der Waals surface area contributed by atoms with Crippen molar-refractivity contribution in [3.8, 4) is 0 Å². The summed E-state index contributed by atoms with van der Waals surface area (Å²) in [5.41, 5.74) is 1.25. The van der Waals surface area contributed by atoms with Crippen molar-refractivity contribution in [2.45, 2.75) is 19.4 Å². The molecule has 0 bridgehead atoms. The Labute approximate surface area is 90.6 Å². The van der Waals surface area contributed by atoms with Crippen LogP contribution in [-0.2, 0) is 0 Å². The number of nitrogens with zero attached hydrogens (tertiary/aromatic N) is 2. The van der Waals surface area contributed by atoms with Crippen molar-refractivity contribution in [1.82, 2.24) is 15.2 Å². The highest BCUT2D eigenvalue weighted by Crippen LogP contribution is 2.32. The zero-order valence-corrected chi connectivity index (χ0v) is 8.49. The third kappa shape index (κ3) is 1.95. The summed E-state index contributed by atoms with van der Waals surface area (Å²) in [4.78, 5) is 4.26. The van der Waals surface area contributed by atoms with E-state index in [-0.39, 0.29) is 4.90 Å². The Balaban J connectivity index is 2.25. The topological polar surface area (TPSA) is 28.2 Å². The molecule has 0 saturated carbocycles. The number of hydrogen-bond acceptors (Lipinski definition) is 3. The van der Waals surface area contributed by atoms with E-state index in [1.807, 2.05) is 6.92 Å². The first-order valence-electron chi connectivity index (χ1n) is 4.69. The average Bonchev–Trinajstić information content (AvgIpc) is 2.66. The minimum absolute atomic E-state index is 0.282. The van der Waals surface area contributed by atoms with Gasteiger partial charge in [-0.1, -0.05) is 6.07 Å². The lowest BCUT2D eigenvalue weighted by Crippen LogP contribution is -2.38. The maximum Gasteiger partial charge on any atom is 0.486 e. The van der Waals surface area contributed by atoms with Gasteiger partial charge in [-0.3, -0.25) is 9.88 Å². The summed E-state index contributed by atoms with van der Waals surface area (Å²) in [7, 11) is 0. The van der Waals surface area contributed by atoms with Gasteiger partial charge in [0, 0.05) is 18.6 Å². The zero-order chi connectivity index (χ0) is 11.8. The first-order chi connectivity index (χ1) is 7.48. The van der Waals surface area contributed by atoms with E-state index in [9.17, 15) is 13.2 Å². The molecule has 1 aliphatic rings. The third-order valence-electron chi connectivity index (χ3n) is 2.27. The van der Waals surface area contributed by atoms with Crippen LogP contribution in [0.4, 0.5) is 13.2 Å². The van der Waals surface area contributed by atoms with Gasteiger partial charge in [0.2, 0.25) is 0 Å². The van der Waals surface area contributed by atoms with Crippen LogP contribution in [0.5, 0.6) is 0 Å². The van der Waals surface area contributed by atoms with Crippen LogP contribution in [0.3, 0.4) is 0 Å². The van der Waals surface area contributed by atoms with Crippen molar-refractivity contribution < 1.29 is 13.2 Å². The molecule has 1 aliphatic heterocycles. The first kappa shape index (κ1) is 10.8. The lowest BCUT2D eigenvalue weighted by Gasteiger charge is -2.26. The van der Waals surface area contributed by atoms with Crippen LogP contribution in [0, 0.1) is 6.92 Å². The number of aromatic nitrogens is 1. The number of pyridine rings is 1. The number of alkyl halides is 3. The van der Waals surface area contributed by atoms with E-state index < -0.39 is 12.5 Å². The Kier molecular flexibility index (Phi) is 2.49. The second-order valence-corrected chi connectivity index (χ2v) is 3.52. The van der Waals surface area contributed by atoms with Gasteiger partial charge in [-0.15, -0.1) is 0 Å². The summed E-state index contributed by atoms with van der Waals surface area (Å²) in [5.74, 6) is 0. The van der Waals surface area contributed by atoms with Crippen LogP contribution < -0.4 is 5.32 Å². The van der Waals surface area contributed by atoms with Crippen molar-refractivity contribution in [3.05, 3.63) is 42.0 Å². The fourth-order valence-electron chi connectivity index (χ4n) is 1.48. The minimum Gasteiger partial charge on any atom is -0.365 e. The van der Waals surface area contributed by atoms with Gasteiger partial charge in [0.05, 0.1) is 5.69 Å². The molecule has 2 rings (SSSR count). The van der Waals surface area contributed by atoms with Crippen molar-refractivity contribution in [1.29, 1.82) is 0 Å². The van der Waals surface area contributed by atoms with Gasteiger partial charge in [-0.25, -0.2) is 0 Å². The molecular weight excluding hydrogens is 219 g/mol. The van der Waals surface area contributed by atoms with E-state index >= 15 is 0 Å². The van der Waals surface area contributed by atoms with Gasteiger partial charge in [0.25, 0.3) is 0 Å². The molecule has 1 aromatic heterocycles. The lowest BCUT2D eigenvalue weighted by molar-refractivity contribution is -0.239. The van der Waals surface area contributed by atoms with Crippen LogP contribution >= 0.6 is 0 Å². The molecule has 1 aromatic rings. The SMILES string of the molecule is Cc1ccc(C2NC=CN2C(F)(F)F)nc1. The van der Waals surface area contributed by atoms with Gasteiger partial charge in [0.15, 0.2) is 0 Å². The number of halogens is 3. The van der Waals surface area contributed by atoms with Gasteiger partial charge in [0.1, 0.15) is 6.17 Å². The molecule has 0 aromatic carbocycles. The maximum absolute atomic E-state index is 12.6. The summed E-state index contributed by atoms with van der Waals surface area (Å²) in [6.07, 6.45) is -1.60. The van der Waals surface area contributed by atoms with Gasteiger partial charge >= 0.3 is 6.30 Å². The molecule has 16 heavy (non-hydrogen) atoms. The van der Waals surface area contributed by atoms with Crippen molar-refractivity contribution >= 4 is 0 Å². The highest BCUT2D eigenvalue weighted by atomic mass is 19.4. The molecule has 0 saturated heterocycles. The van der Waals surface area contributed by atoms with Crippen LogP contribution in [0.25, 0.3) is 0 Å². The summed E-state index contributed by atoms with van der Waals surface area (Å²) < 4.78 is 37.7. The normalized spacial score (nSPS) is 20.0. The molecule has 0 radical (unpaired) electrons. The second kappa shape index (κ2) is 3.70. The number of hydrogen-bond donors (Lipinski definition) is 1. The fraction of sp³-hybridized carbons (Fsp3) is 0.300. The summed E-state index contributed by atoms with van der Waals surface area (Å²) in [6.45, 7) is 1.83. The molecule has 3 nitrogen and oxygen atoms in total. The van der Waals surface area contributed by atoms with E-state index in [4.69, 9.17) is 0 Å². The van der Waals surface area contributed by atoms with Crippen LogP contribution in [-0.4, -0.2) is 16.2 Å². The molecule has 0 aliphatic carbocycles. The largest absolute Gasteiger partial charge is 0.486 e. The van der Waals surface area contributed by atoms with Crippen LogP contribution in [0.1, 0.15) is 17.4 Å². The van der Waals surface area contributed by atoms with Crippen molar-refractivity contribution in [3.63, 3.8) is 0 Å². The predicted octanol–water partition coefficient (Wildman–Crippen LogP) is 2.28. The van der Waals surface area contributed by atoms with Crippen molar-refractivity contribution in [2.75, 3.05) is 0 Å². The zero-order valence-electron chi connectivity index (χ0n) is 8.49. The quantitative estimate of drug-likeness (QED) is 0.749. The fourth-order valence-corrected chi connectivity index (χ4v) is 1.48. The van der Waals surface area contributed by atoms with E-state index in [1.54, 1.807) is 18.3 Å². The summed E-state index contributed by atoms with van der Waals surface area (Å²) in [5, 5.41) is 2.61. The Bertz CT molecular complexity index is 397. The number of nitrogens with one attached hydrogen (secondary N) is 1. The standard InChI is InChI=1S/C10H10F3N3/c1-7-2-3-8(15-6-7)9-14-4-5-16(9)10(11,12)13/h2-6,9,14H,1H3. The molecule has 1 atom stereocenters. The third-order valence-corrected chi connectivity index (χ3v) is 2.27. The van der Waals surface area contributed by atoms with Gasteiger partial charge < -0.3 is 5.32 Å². The smallest absolute Gasteiger partial charge is 0.365 e. The first-order valence-corrected chi connectivity index (χ1v) is 4.69. The summed E-state index contributed by atoms with van der Waals surface area (Å²) >= 11 is 0. The highest BCUT2D eigenvalue weighted by molar-refractivity contribution is 5.17. The Hall–Kier alpha value is -1.72. The average molecular weight is 229 g/mol. The Morgan fingerprint density at radius 3 is 2.69 bits per heavy atom. The molecule has 86 valence electrons. The number of rotatable bonds is 1. The van der Waals surface area contributed by atoms with E-state index in [1.165, 1.54) is 6.20 Å². The monoisotopic (exact) mass is 229 g/mol. The van der Waals surface area contributed by atoms with Gasteiger partial charge in [-0.2, -0.15) is 13.2 Å². The lowest BCUT2D eigenvalue weighted by atomic mass is 10.2. The van der Waals surface area contributed by atoms with Crippen molar-refractivity contribution in [2.24, 2.45) is 0 Å². The molecule has 0 amide bonds. The van der Waals surface area contributed by atoms with Crippen LogP contribution in [0.2, 0.25) is 0 Å². The molecule has 2 heterocycles. The summed E-state index contributed by atoms with van der Waals surface area (Å²) in [6, 6.07) is 3.32. The maximum atomic E-state index is 12.6.